The highest BCUT2D eigenvalue weighted by atomic mass is 35.5. The lowest BCUT2D eigenvalue weighted by Crippen LogP contribution is -2.51. The molecule has 0 bridgehead atoms. The van der Waals surface area contributed by atoms with E-state index in [4.69, 9.17) is 0 Å². The number of fused-ring (bicyclic) bond motifs is 1. The molecular formula is C19H27ClFN5O2. The Morgan fingerprint density at radius 1 is 1.07 bits per heavy atom. The van der Waals surface area contributed by atoms with Crippen molar-refractivity contribution < 1.29 is 14.0 Å². The van der Waals surface area contributed by atoms with Gasteiger partial charge in [0.1, 0.15) is 11.9 Å². The van der Waals surface area contributed by atoms with Crippen LogP contribution in [0.15, 0.2) is 24.3 Å². The van der Waals surface area contributed by atoms with E-state index in [1.165, 1.54) is 12.1 Å². The minimum atomic E-state index is -0.414. The van der Waals surface area contributed by atoms with Crippen molar-refractivity contribution in [1.82, 2.24) is 26.0 Å². The average Bonchev–Trinajstić information content (AvgIpc) is 2.96. The van der Waals surface area contributed by atoms with Crippen molar-refractivity contribution in [2.45, 2.75) is 24.9 Å². The third-order valence-electron chi connectivity index (χ3n) is 5.81. The summed E-state index contributed by atoms with van der Waals surface area (Å²) < 4.78 is 13.4. The van der Waals surface area contributed by atoms with Crippen LogP contribution in [0.2, 0.25) is 0 Å². The van der Waals surface area contributed by atoms with Crippen molar-refractivity contribution in [3.63, 3.8) is 0 Å². The molecule has 0 radical (unpaired) electrons. The Labute approximate surface area is 170 Å². The Morgan fingerprint density at radius 2 is 1.86 bits per heavy atom. The molecule has 9 heteroatoms. The summed E-state index contributed by atoms with van der Waals surface area (Å²) in [5.41, 5.74) is 6.79. The molecule has 3 unspecified atom stereocenters. The quantitative estimate of drug-likeness (QED) is 0.656. The van der Waals surface area contributed by atoms with E-state index in [1.807, 2.05) is 4.90 Å². The summed E-state index contributed by atoms with van der Waals surface area (Å²) in [6.07, 6.45) is 1.73. The molecule has 1 aromatic carbocycles. The second kappa shape index (κ2) is 9.17. The lowest BCUT2D eigenvalue weighted by molar-refractivity contribution is -0.134. The molecule has 154 valence electrons. The van der Waals surface area contributed by atoms with Crippen LogP contribution in [0, 0.1) is 11.7 Å². The minimum Gasteiger partial charge on any atom is -0.339 e. The van der Waals surface area contributed by atoms with Gasteiger partial charge in [0, 0.05) is 50.2 Å². The molecule has 28 heavy (non-hydrogen) atoms. The topological polar surface area (TPSA) is 76.7 Å². The molecule has 0 spiro atoms. The zero-order valence-electron chi connectivity index (χ0n) is 15.7. The highest BCUT2D eigenvalue weighted by Gasteiger charge is 2.42. The largest absolute Gasteiger partial charge is 0.339 e. The number of benzene rings is 1. The fourth-order valence-electron chi connectivity index (χ4n) is 4.30. The number of halogens is 2. The normalized spacial score (nSPS) is 27.5. The van der Waals surface area contributed by atoms with Crippen molar-refractivity contribution in [2.24, 2.45) is 5.92 Å². The molecule has 0 saturated carbocycles. The van der Waals surface area contributed by atoms with Crippen molar-refractivity contribution in [3.8, 4) is 0 Å². The molecule has 3 aliphatic rings. The van der Waals surface area contributed by atoms with Gasteiger partial charge in [-0.15, -0.1) is 12.4 Å². The first-order chi connectivity index (χ1) is 13.1. The van der Waals surface area contributed by atoms with Crippen LogP contribution < -0.4 is 16.2 Å². The predicted molar refractivity (Wildman–Crippen MR) is 106 cm³/mol. The molecule has 3 aliphatic heterocycles. The number of rotatable bonds is 2. The Bertz CT molecular complexity index is 721. The van der Waals surface area contributed by atoms with Gasteiger partial charge in [0.25, 0.3) is 5.91 Å². The molecule has 1 aromatic rings. The van der Waals surface area contributed by atoms with E-state index in [0.29, 0.717) is 37.8 Å². The number of carbonyl (C=O) groups is 2. The third kappa shape index (κ3) is 4.30. The molecule has 3 N–H and O–H groups in total. The molecular weight excluding hydrogens is 385 g/mol. The summed E-state index contributed by atoms with van der Waals surface area (Å²) in [6, 6.07) is 5.87. The average molecular weight is 412 g/mol. The molecule has 3 atom stereocenters. The van der Waals surface area contributed by atoms with E-state index < -0.39 is 5.82 Å². The lowest BCUT2D eigenvalue weighted by atomic mass is 9.89. The van der Waals surface area contributed by atoms with Crippen LogP contribution in [0.3, 0.4) is 0 Å². The summed E-state index contributed by atoms with van der Waals surface area (Å²) in [7, 11) is 0. The van der Waals surface area contributed by atoms with Gasteiger partial charge in [-0.1, -0.05) is 6.07 Å². The third-order valence-corrected chi connectivity index (χ3v) is 5.81. The van der Waals surface area contributed by atoms with E-state index in [1.54, 1.807) is 17.0 Å². The van der Waals surface area contributed by atoms with Crippen molar-refractivity contribution in [3.05, 3.63) is 35.6 Å². The van der Waals surface area contributed by atoms with Gasteiger partial charge in [0.15, 0.2) is 0 Å². The van der Waals surface area contributed by atoms with Gasteiger partial charge < -0.3 is 15.1 Å². The summed E-state index contributed by atoms with van der Waals surface area (Å²) >= 11 is 0. The molecule has 0 aliphatic carbocycles. The Hall–Kier alpha value is -1.74. The van der Waals surface area contributed by atoms with E-state index >= 15 is 0 Å². The van der Waals surface area contributed by atoms with Crippen LogP contribution in [-0.4, -0.2) is 73.0 Å². The Balaban J connectivity index is 0.00000225. The number of carbonyl (C=O) groups excluding carboxylic acids is 2. The maximum absolute atomic E-state index is 13.4. The van der Waals surface area contributed by atoms with Crippen LogP contribution in [-0.2, 0) is 4.79 Å². The van der Waals surface area contributed by atoms with Gasteiger partial charge in [-0.05, 0) is 37.6 Å². The predicted octanol–water partition coefficient (Wildman–Crippen LogP) is 0.377. The highest BCUT2D eigenvalue weighted by Crippen LogP contribution is 2.22. The first-order valence-electron chi connectivity index (χ1n) is 9.69. The number of amides is 2. The molecule has 0 aromatic heterocycles. The van der Waals surface area contributed by atoms with Crippen molar-refractivity contribution in [1.29, 1.82) is 0 Å². The second-order valence-corrected chi connectivity index (χ2v) is 7.51. The van der Waals surface area contributed by atoms with E-state index in [2.05, 4.69) is 16.2 Å². The van der Waals surface area contributed by atoms with Crippen LogP contribution in [0.4, 0.5) is 4.39 Å². The van der Waals surface area contributed by atoms with Gasteiger partial charge in [-0.3, -0.25) is 15.0 Å². The number of nitrogens with zero attached hydrogens (tertiary/aromatic N) is 2. The molecule has 2 amide bonds. The first-order valence-corrected chi connectivity index (χ1v) is 9.69. The van der Waals surface area contributed by atoms with E-state index in [9.17, 15) is 14.0 Å². The first kappa shape index (κ1) is 21.0. The standard InChI is InChI=1S/C19H26FN5O2.ClH/c20-14-4-1-3-13(11-14)18(26)24-7-2-8-25(10-9-24)19(27)17-15-12-21-6-5-16(15)22-23-17;/h1,3-4,11,15-17,21-23H,2,5-10,12H2;1H. The maximum atomic E-state index is 13.4. The highest BCUT2D eigenvalue weighted by molar-refractivity contribution is 5.94. The maximum Gasteiger partial charge on any atom is 0.254 e. The van der Waals surface area contributed by atoms with Gasteiger partial charge >= 0.3 is 0 Å². The monoisotopic (exact) mass is 411 g/mol. The molecule has 3 heterocycles. The number of hydrogen-bond acceptors (Lipinski definition) is 5. The van der Waals surface area contributed by atoms with E-state index in [-0.39, 0.29) is 36.2 Å². The smallest absolute Gasteiger partial charge is 0.254 e. The van der Waals surface area contributed by atoms with Gasteiger partial charge in [-0.25, -0.2) is 9.82 Å². The molecule has 3 fully saturated rings. The zero-order chi connectivity index (χ0) is 18.8. The Morgan fingerprint density at radius 3 is 2.68 bits per heavy atom. The molecule has 7 nitrogen and oxygen atoms in total. The molecule has 4 rings (SSSR count). The van der Waals surface area contributed by atoms with Crippen molar-refractivity contribution >= 4 is 24.2 Å². The summed E-state index contributed by atoms with van der Waals surface area (Å²) in [5.74, 6) is -0.248. The number of hydrogen-bond donors (Lipinski definition) is 3. The van der Waals surface area contributed by atoms with Crippen LogP contribution >= 0.6 is 12.4 Å². The SMILES string of the molecule is Cl.O=C(c1cccc(F)c1)N1CCCN(C(=O)C2NNC3CCNCC32)CC1. The number of hydrazine groups is 1. The summed E-state index contributed by atoms with van der Waals surface area (Å²) in [4.78, 5) is 29.3. The van der Waals surface area contributed by atoms with Gasteiger partial charge in [-0.2, -0.15) is 0 Å². The fraction of sp³-hybridized carbons (Fsp3) is 0.579. The van der Waals surface area contributed by atoms with E-state index in [0.717, 1.165) is 25.9 Å². The summed E-state index contributed by atoms with van der Waals surface area (Å²) in [5, 5.41) is 3.37. The molecule has 3 saturated heterocycles. The van der Waals surface area contributed by atoms with Crippen molar-refractivity contribution in [2.75, 3.05) is 39.3 Å². The zero-order valence-corrected chi connectivity index (χ0v) is 16.5. The number of piperidine rings is 1. The van der Waals surface area contributed by atoms with Crippen LogP contribution in [0.25, 0.3) is 0 Å². The van der Waals surface area contributed by atoms with Gasteiger partial charge in [0.05, 0.1) is 0 Å². The number of nitrogens with one attached hydrogen (secondary N) is 3. The second-order valence-electron chi connectivity index (χ2n) is 7.51. The van der Waals surface area contributed by atoms with Crippen LogP contribution in [0.5, 0.6) is 0 Å². The lowest BCUT2D eigenvalue weighted by Gasteiger charge is -2.30. The van der Waals surface area contributed by atoms with Crippen LogP contribution in [0.1, 0.15) is 23.2 Å². The summed E-state index contributed by atoms with van der Waals surface area (Å²) in [6.45, 7) is 3.98. The fourth-order valence-corrected chi connectivity index (χ4v) is 4.30. The van der Waals surface area contributed by atoms with Gasteiger partial charge in [0.2, 0.25) is 5.91 Å². The Kier molecular flexibility index (Phi) is 6.87. The minimum absolute atomic E-state index is 0.